The molecule has 5 nitrogen and oxygen atoms in total. The number of carbonyl (C=O) groups is 1. The summed E-state index contributed by atoms with van der Waals surface area (Å²) < 4.78 is 26.4. The van der Waals surface area contributed by atoms with Crippen molar-refractivity contribution < 1.29 is 18.3 Å². The lowest BCUT2D eigenvalue weighted by atomic mass is 10.2. The first kappa shape index (κ1) is 14.6. The van der Waals surface area contributed by atoms with Gasteiger partial charge >= 0.3 is 5.97 Å². The lowest BCUT2D eigenvalue weighted by Gasteiger charge is -2.09. The maximum Gasteiger partial charge on any atom is 0.355 e. The van der Waals surface area contributed by atoms with E-state index in [1.54, 1.807) is 36.4 Å². The average Bonchev–Trinajstić information content (AvgIpc) is 2.82. The Labute approximate surface area is 131 Å². The number of hydrogen-bond donors (Lipinski definition) is 1. The summed E-state index contributed by atoms with van der Waals surface area (Å²) in [6.07, 6.45) is 0. The van der Waals surface area contributed by atoms with Crippen molar-refractivity contribution in [3.63, 3.8) is 0 Å². The molecule has 0 amide bonds. The number of fused-ring (bicyclic) bond motifs is 1. The number of aromatic carboxylic acids is 1. The predicted octanol–water partition coefficient (Wildman–Crippen LogP) is 3.23. The van der Waals surface area contributed by atoms with E-state index in [-0.39, 0.29) is 15.4 Å². The molecule has 22 heavy (non-hydrogen) atoms. The molecular weight excluding hydrogens is 326 g/mol. The fourth-order valence-corrected chi connectivity index (χ4v) is 4.22. The highest BCUT2D eigenvalue weighted by molar-refractivity contribution is 7.90. The molecular formula is C15H10ClNO4S. The van der Waals surface area contributed by atoms with Crippen LogP contribution in [0.5, 0.6) is 0 Å². The first-order valence-electron chi connectivity index (χ1n) is 6.27. The fourth-order valence-electron chi connectivity index (χ4n) is 2.30. The molecule has 0 bridgehead atoms. The number of hydrogen-bond acceptors (Lipinski definition) is 3. The SMILES string of the molecule is O=C(O)c1c(Cl)c2ccccc2n1S(=O)(=O)c1ccccc1. The highest BCUT2D eigenvalue weighted by Crippen LogP contribution is 2.33. The van der Waals surface area contributed by atoms with Gasteiger partial charge < -0.3 is 5.11 Å². The number of rotatable bonds is 3. The monoisotopic (exact) mass is 335 g/mol. The van der Waals surface area contributed by atoms with Crippen molar-refractivity contribution >= 4 is 38.5 Å². The fraction of sp³-hybridized carbons (Fsp3) is 0. The van der Waals surface area contributed by atoms with Crippen molar-refractivity contribution in [3.8, 4) is 0 Å². The molecule has 1 heterocycles. The van der Waals surface area contributed by atoms with E-state index < -0.39 is 21.7 Å². The van der Waals surface area contributed by atoms with Crippen LogP contribution >= 0.6 is 11.6 Å². The highest BCUT2D eigenvalue weighted by Gasteiger charge is 2.29. The molecule has 2 aromatic carbocycles. The molecule has 0 aliphatic rings. The average molecular weight is 336 g/mol. The van der Waals surface area contributed by atoms with Gasteiger partial charge in [0.15, 0.2) is 5.69 Å². The van der Waals surface area contributed by atoms with Crippen LogP contribution in [0.25, 0.3) is 10.9 Å². The summed E-state index contributed by atoms with van der Waals surface area (Å²) in [6.45, 7) is 0. The van der Waals surface area contributed by atoms with E-state index in [9.17, 15) is 18.3 Å². The number of halogens is 1. The van der Waals surface area contributed by atoms with E-state index in [0.717, 1.165) is 3.97 Å². The number of aromatic nitrogens is 1. The molecule has 7 heteroatoms. The van der Waals surface area contributed by atoms with Gasteiger partial charge in [-0.05, 0) is 18.2 Å². The molecule has 0 saturated carbocycles. The smallest absolute Gasteiger partial charge is 0.355 e. The second kappa shape index (κ2) is 5.15. The number of para-hydroxylation sites is 1. The minimum absolute atomic E-state index is 0.00470. The summed E-state index contributed by atoms with van der Waals surface area (Å²) in [5.74, 6) is -1.40. The number of nitrogens with zero attached hydrogens (tertiary/aromatic N) is 1. The van der Waals surface area contributed by atoms with Crippen molar-refractivity contribution in [2.75, 3.05) is 0 Å². The molecule has 1 aromatic heterocycles. The van der Waals surface area contributed by atoms with Gasteiger partial charge in [-0.15, -0.1) is 0 Å². The predicted molar refractivity (Wildman–Crippen MR) is 82.9 cm³/mol. The van der Waals surface area contributed by atoms with Crippen LogP contribution in [0.3, 0.4) is 0 Å². The molecule has 0 atom stereocenters. The largest absolute Gasteiger partial charge is 0.476 e. The zero-order valence-corrected chi connectivity index (χ0v) is 12.7. The molecule has 0 aliphatic carbocycles. The molecule has 112 valence electrons. The van der Waals surface area contributed by atoms with E-state index in [1.165, 1.54) is 18.2 Å². The van der Waals surface area contributed by atoms with Crippen LogP contribution in [-0.2, 0) is 10.0 Å². The molecule has 0 spiro atoms. The van der Waals surface area contributed by atoms with Crippen LogP contribution in [0, 0.1) is 0 Å². The lowest BCUT2D eigenvalue weighted by Crippen LogP contribution is -2.18. The van der Waals surface area contributed by atoms with Crippen LogP contribution in [0.4, 0.5) is 0 Å². The van der Waals surface area contributed by atoms with Gasteiger partial charge in [0.2, 0.25) is 0 Å². The number of benzene rings is 2. The third-order valence-electron chi connectivity index (χ3n) is 3.25. The first-order valence-corrected chi connectivity index (χ1v) is 8.09. The van der Waals surface area contributed by atoms with Crippen LogP contribution in [0.15, 0.2) is 59.5 Å². The van der Waals surface area contributed by atoms with Gasteiger partial charge in [0, 0.05) is 5.39 Å². The summed E-state index contributed by atoms with van der Waals surface area (Å²) in [5.41, 5.74) is -0.236. The zero-order valence-electron chi connectivity index (χ0n) is 11.1. The first-order chi connectivity index (χ1) is 10.4. The zero-order chi connectivity index (χ0) is 15.9. The maximum atomic E-state index is 12.8. The minimum Gasteiger partial charge on any atom is -0.476 e. The van der Waals surface area contributed by atoms with E-state index in [4.69, 9.17) is 11.6 Å². The normalized spacial score (nSPS) is 11.7. The minimum atomic E-state index is -4.07. The Morgan fingerprint density at radius 2 is 1.59 bits per heavy atom. The maximum absolute atomic E-state index is 12.8. The Balaban J connectivity index is 2.45. The quantitative estimate of drug-likeness (QED) is 0.797. The van der Waals surface area contributed by atoms with Gasteiger partial charge in [-0.3, -0.25) is 0 Å². The summed E-state index contributed by atoms with van der Waals surface area (Å²) in [5, 5.41) is 9.67. The standard InChI is InChI=1S/C15H10ClNO4S/c16-13-11-8-4-5-9-12(11)17(14(13)15(18)19)22(20,21)10-6-2-1-3-7-10/h1-9H,(H,18,19). The summed E-state index contributed by atoms with van der Waals surface area (Å²) >= 11 is 6.08. The molecule has 0 fully saturated rings. The van der Waals surface area contributed by atoms with E-state index in [1.807, 2.05) is 0 Å². The topological polar surface area (TPSA) is 76.4 Å². The lowest BCUT2D eigenvalue weighted by molar-refractivity contribution is 0.0690. The van der Waals surface area contributed by atoms with E-state index in [2.05, 4.69) is 0 Å². The number of carboxylic acid groups (broad SMARTS) is 1. The van der Waals surface area contributed by atoms with Crippen LogP contribution in [0.2, 0.25) is 5.02 Å². The van der Waals surface area contributed by atoms with Crippen molar-refractivity contribution in [1.82, 2.24) is 3.97 Å². The molecule has 1 N–H and O–H groups in total. The number of carboxylic acids is 1. The second-order valence-electron chi connectivity index (χ2n) is 4.57. The summed E-state index contributed by atoms with van der Waals surface area (Å²) in [6, 6.07) is 14.0. The van der Waals surface area contributed by atoms with Crippen molar-refractivity contribution in [1.29, 1.82) is 0 Å². The van der Waals surface area contributed by atoms with Gasteiger partial charge in [0.25, 0.3) is 10.0 Å². The molecule has 0 aliphatic heterocycles. The highest BCUT2D eigenvalue weighted by atomic mass is 35.5. The second-order valence-corrected chi connectivity index (χ2v) is 6.73. The van der Waals surface area contributed by atoms with Gasteiger partial charge in [0.1, 0.15) is 0 Å². The van der Waals surface area contributed by atoms with Gasteiger partial charge in [0.05, 0.1) is 15.4 Å². The molecule has 0 radical (unpaired) electrons. The van der Waals surface area contributed by atoms with Crippen LogP contribution < -0.4 is 0 Å². The van der Waals surface area contributed by atoms with Crippen LogP contribution in [0.1, 0.15) is 10.5 Å². The molecule has 0 unspecified atom stereocenters. The Bertz CT molecular complexity index is 977. The Kier molecular flexibility index (Phi) is 3.42. The molecule has 3 rings (SSSR count). The molecule has 3 aromatic rings. The Morgan fingerprint density at radius 3 is 2.23 bits per heavy atom. The van der Waals surface area contributed by atoms with Crippen LogP contribution in [-0.4, -0.2) is 23.5 Å². The van der Waals surface area contributed by atoms with Crippen molar-refractivity contribution in [2.45, 2.75) is 4.90 Å². The summed E-state index contributed by atoms with van der Waals surface area (Å²) in [7, 11) is -4.07. The summed E-state index contributed by atoms with van der Waals surface area (Å²) in [4.78, 5) is 11.5. The van der Waals surface area contributed by atoms with Gasteiger partial charge in [-0.25, -0.2) is 17.2 Å². The van der Waals surface area contributed by atoms with Crippen molar-refractivity contribution in [2.24, 2.45) is 0 Å². The van der Waals surface area contributed by atoms with Gasteiger partial charge in [-0.2, -0.15) is 0 Å². The Hall–Kier alpha value is -2.31. The molecule has 0 saturated heterocycles. The Morgan fingerprint density at radius 1 is 1.00 bits per heavy atom. The third-order valence-corrected chi connectivity index (χ3v) is 5.36. The van der Waals surface area contributed by atoms with Gasteiger partial charge in [-0.1, -0.05) is 48.0 Å². The van der Waals surface area contributed by atoms with Crippen molar-refractivity contribution in [3.05, 3.63) is 65.3 Å². The van der Waals surface area contributed by atoms with E-state index >= 15 is 0 Å². The third kappa shape index (κ3) is 2.08. The van der Waals surface area contributed by atoms with E-state index in [0.29, 0.717) is 5.39 Å².